The van der Waals surface area contributed by atoms with E-state index in [4.69, 9.17) is 5.73 Å². The second-order valence-corrected chi connectivity index (χ2v) is 6.58. The Morgan fingerprint density at radius 2 is 2.00 bits per heavy atom. The number of anilines is 2. The van der Waals surface area contributed by atoms with Crippen molar-refractivity contribution in [1.82, 2.24) is 4.90 Å². The summed E-state index contributed by atoms with van der Waals surface area (Å²) in [5.41, 5.74) is 8.44. The molecular formula is C16H27N3O. The van der Waals surface area contributed by atoms with E-state index >= 15 is 0 Å². The fourth-order valence-corrected chi connectivity index (χ4v) is 1.94. The molecule has 3 N–H and O–H groups in total. The number of hydrogen-bond acceptors (Lipinski definition) is 3. The number of amides is 1. The van der Waals surface area contributed by atoms with Gasteiger partial charge < -0.3 is 11.1 Å². The Labute approximate surface area is 122 Å². The molecule has 0 aromatic heterocycles. The molecule has 0 bridgehead atoms. The van der Waals surface area contributed by atoms with Crippen molar-refractivity contribution >= 4 is 17.3 Å². The SMILES string of the molecule is Cc1ccc(NC(=O)CN(C)C(C)C(C)(C)C)cc1N. The molecular weight excluding hydrogens is 250 g/mol. The average Bonchev–Trinajstić information content (AvgIpc) is 2.31. The largest absolute Gasteiger partial charge is 0.398 e. The first-order chi connectivity index (χ1) is 9.11. The Morgan fingerprint density at radius 3 is 2.50 bits per heavy atom. The number of nitrogens with two attached hydrogens (primary N) is 1. The number of nitrogens with one attached hydrogen (secondary N) is 1. The Bertz CT molecular complexity index is 477. The quantitative estimate of drug-likeness (QED) is 0.832. The third-order valence-electron chi connectivity index (χ3n) is 3.87. The van der Waals surface area contributed by atoms with Crippen molar-refractivity contribution in [3.8, 4) is 0 Å². The average molecular weight is 277 g/mol. The second kappa shape index (κ2) is 6.27. The maximum atomic E-state index is 12.1. The van der Waals surface area contributed by atoms with Gasteiger partial charge in [0.25, 0.3) is 0 Å². The van der Waals surface area contributed by atoms with Crippen molar-refractivity contribution in [2.24, 2.45) is 5.41 Å². The Morgan fingerprint density at radius 1 is 1.40 bits per heavy atom. The van der Waals surface area contributed by atoms with Crippen molar-refractivity contribution in [2.45, 2.75) is 40.7 Å². The molecule has 1 atom stereocenters. The van der Waals surface area contributed by atoms with Crippen molar-refractivity contribution in [2.75, 3.05) is 24.6 Å². The summed E-state index contributed by atoms with van der Waals surface area (Å²) in [6, 6.07) is 5.89. The van der Waals surface area contributed by atoms with Crippen molar-refractivity contribution in [3.05, 3.63) is 23.8 Å². The molecule has 4 nitrogen and oxygen atoms in total. The van der Waals surface area contributed by atoms with Crippen molar-refractivity contribution < 1.29 is 4.79 Å². The Hall–Kier alpha value is -1.55. The summed E-state index contributed by atoms with van der Waals surface area (Å²) in [6.45, 7) is 11.0. The standard InChI is InChI=1S/C16H27N3O/c1-11-7-8-13(9-14(11)17)18-15(20)10-19(6)12(2)16(3,4)5/h7-9,12H,10,17H2,1-6H3,(H,18,20). The first kappa shape index (κ1) is 16.5. The highest BCUT2D eigenvalue weighted by Crippen LogP contribution is 2.23. The molecule has 0 saturated heterocycles. The summed E-state index contributed by atoms with van der Waals surface area (Å²) in [4.78, 5) is 14.1. The number of aryl methyl sites for hydroxylation is 1. The van der Waals surface area contributed by atoms with E-state index in [9.17, 15) is 4.79 Å². The van der Waals surface area contributed by atoms with Crippen LogP contribution in [0.4, 0.5) is 11.4 Å². The minimum absolute atomic E-state index is 0.0214. The molecule has 1 rings (SSSR count). The zero-order valence-electron chi connectivity index (χ0n) is 13.4. The van der Waals surface area contributed by atoms with Crippen LogP contribution in [0.25, 0.3) is 0 Å². The summed E-state index contributed by atoms with van der Waals surface area (Å²) in [6.07, 6.45) is 0. The van der Waals surface area contributed by atoms with Gasteiger partial charge in [0, 0.05) is 17.4 Å². The molecule has 0 heterocycles. The van der Waals surface area contributed by atoms with Gasteiger partial charge in [-0.25, -0.2) is 0 Å². The molecule has 1 unspecified atom stereocenters. The van der Waals surface area contributed by atoms with Crippen LogP contribution in [0.1, 0.15) is 33.3 Å². The molecule has 0 radical (unpaired) electrons. The van der Waals surface area contributed by atoms with E-state index in [0.29, 0.717) is 18.3 Å². The lowest BCUT2D eigenvalue weighted by molar-refractivity contribution is -0.117. The van der Waals surface area contributed by atoms with E-state index in [1.165, 1.54) is 0 Å². The van der Waals surface area contributed by atoms with Gasteiger partial charge in [-0.05, 0) is 44.0 Å². The molecule has 1 aromatic carbocycles. The van der Waals surface area contributed by atoms with Crippen molar-refractivity contribution in [3.63, 3.8) is 0 Å². The number of likely N-dealkylation sites (N-methyl/N-ethyl adjacent to an activating group) is 1. The number of rotatable bonds is 4. The van der Waals surface area contributed by atoms with Crippen LogP contribution in [0, 0.1) is 12.3 Å². The van der Waals surface area contributed by atoms with E-state index in [0.717, 1.165) is 11.3 Å². The number of nitrogens with zero attached hydrogens (tertiary/aromatic N) is 1. The zero-order chi connectivity index (χ0) is 15.5. The highest BCUT2D eigenvalue weighted by atomic mass is 16.2. The number of nitrogen functional groups attached to an aromatic ring is 1. The van der Waals surface area contributed by atoms with Gasteiger partial charge in [-0.15, -0.1) is 0 Å². The van der Waals surface area contributed by atoms with Crippen LogP contribution in [0.15, 0.2) is 18.2 Å². The first-order valence-corrected chi connectivity index (χ1v) is 6.97. The predicted molar refractivity (Wildman–Crippen MR) is 85.8 cm³/mol. The monoisotopic (exact) mass is 277 g/mol. The summed E-state index contributed by atoms with van der Waals surface area (Å²) in [7, 11) is 1.97. The lowest BCUT2D eigenvalue weighted by Gasteiger charge is -2.34. The zero-order valence-corrected chi connectivity index (χ0v) is 13.4. The molecule has 0 aliphatic carbocycles. The van der Waals surface area contributed by atoms with Gasteiger partial charge in [-0.2, -0.15) is 0 Å². The molecule has 0 fully saturated rings. The van der Waals surface area contributed by atoms with Crippen LogP contribution >= 0.6 is 0 Å². The Balaban J connectivity index is 2.61. The van der Waals surface area contributed by atoms with Crippen LogP contribution < -0.4 is 11.1 Å². The van der Waals surface area contributed by atoms with Gasteiger partial charge >= 0.3 is 0 Å². The lowest BCUT2D eigenvalue weighted by Crippen LogP contribution is -2.43. The molecule has 1 amide bonds. The summed E-state index contributed by atoms with van der Waals surface area (Å²) < 4.78 is 0. The van der Waals surface area contributed by atoms with Gasteiger partial charge in [0.15, 0.2) is 0 Å². The van der Waals surface area contributed by atoms with Crippen LogP contribution in [0.2, 0.25) is 0 Å². The van der Waals surface area contributed by atoms with Gasteiger partial charge in [-0.1, -0.05) is 26.8 Å². The maximum Gasteiger partial charge on any atom is 0.238 e. The smallest absolute Gasteiger partial charge is 0.238 e. The normalized spacial score (nSPS) is 13.3. The number of carbonyl (C=O) groups is 1. The Kier molecular flexibility index (Phi) is 5.17. The number of benzene rings is 1. The molecule has 0 spiro atoms. The fourth-order valence-electron chi connectivity index (χ4n) is 1.94. The molecule has 4 heteroatoms. The molecule has 0 aliphatic heterocycles. The maximum absolute atomic E-state index is 12.1. The van der Waals surface area contributed by atoms with E-state index in [1.807, 2.05) is 26.1 Å². The third kappa shape index (κ3) is 4.53. The van der Waals surface area contributed by atoms with E-state index in [1.54, 1.807) is 6.07 Å². The van der Waals surface area contributed by atoms with E-state index < -0.39 is 0 Å². The number of hydrogen-bond donors (Lipinski definition) is 2. The van der Waals surface area contributed by atoms with E-state index in [2.05, 4.69) is 37.9 Å². The molecule has 0 aliphatic rings. The van der Waals surface area contributed by atoms with Gasteiger partial charge in [0.1, 0.15) is 0 Å². The fraction of sp³-hybridized carbons (Fsp3) is 0.562. The van der Waals surface area contributed by atoms with Crippen LogP contribution in [-0.2, 0) is 4.79 Å². The van der Waals surface area contributed by atoms with Crippen LogP contribution in [0.3, 0.4) is 0 Å². The second-order valence-electron chi connectivity index (χ2n) is 6.58. The van der Waals surface area contributed by atoms with Gasteiger partial charge in [0.2, 0.25) is 5.91 Å². The van der Waals surface area contributed by atoms with Gasteiger partial charge in [0.05, 0.1) is 6.54 Å². The van der Waals surface area contributed by atoms with Crippen LogP contribution in [-0.4, -0.2) is 30.4 Å². The minimum Gasteiger partial charge on any atom is -0.398 e. The van der Waals surface area contributed by atoms with Crippen LogP contribution in [0.5, 0.6) is 0 Å². The lowest BCUT2D eigenvalue weighted by atomic mass is 9.87. The van der Waals surface area contributed by atoms with E-state index in [-0.39, 0.29) is 11.3 Å². The minimum atomic E-state index is -0.0214. The number of carbonyl (C=O) groups excluding carboxylic acids is 1. The third-order valence-corrected chi connectivity index (χ3v) is 3.87. The first-order valence-electron chi connectivity index (χ1n) is 6.97. The predicted octanol–water partition coefficient (Wildman–Crippen LogP) is 2.88. The molecule has 1 aromatic rings. The highest BCUT2D eigenvalue weighted by Gasteiger charge is 2.24. The van der Waals surface area contributed by atoms with Crippen molar-refractivity contribution in [1.29, 1.82) is 0 Å². The highest BCUT2D eigenvalue weighted by molar-refractivity contribution is 5.92. The summed E-state index contributed by atoms with van der Waals surface area (Å²) in [5, 5.41) is 2.89. The molecule has 0 saturated carbocycles. The van der Waals surface area contributed by atoms with Gasteiger partial charge in [-0.3, -0.25) is 9.69 Å². The molecule has 20 heavy (non-hydrogen) atoms. The summed E-state index contributed by atoms with van der Waals surface area (Å²) >= 11 is 0. The topological polar surface area (TPSA) is 58.4 Å². The summed E-state index contributed by atoms with van der Waals surface area (Å²) in [5.74, 6) is -0.0214. The molecule has 112 valence electrons.